The minimum absolute atomic E-state index is 0. The van der Waals surface area contributed by atoms with Crippen molar-refractivity contribution in [3.63, 3.8) is 0 Å². The van der Waals surface area contributed by atoms with Gasteiger partial charge in [0.25, 0.3) is 0 Å². The summed E-state index contributed by atoms with van der Waals surface area (Å²) < 4.78 is 0. The Balaban J connectivity index is -0.000000245. The molecule has 0 heterocycles. The summed E-state index contributed by atoms with van der Waals surface area (Å²) >= 11 is 0. The molecule has 0 nitrogen and oxygen atoms in total. The van der Waals surface area contributed by atoms with Crippen molar-refractivity contribution >= 4 is 47.8 Å². The van der Waals surface area contributed by atoms with Crippen molar-refractivity contribution in [2.75, 3.05) is 0 Å². The zero-order chi connectivity index (χ0) is 6.24. The van der Waals surface area contributed by atoms with Gasteiger partial charge in [0.15, 0.2) is 0 Å². The normalized spacial score (nSPS) is 7.80. The van der Waals surface area contributed by atoms with E-state index in [0.29, 0.717) is 0 Å². The van der Waals surface area contributed by atoms with Crippen LogP contribution in [0.15, 0.2) is 0 Å². The molecule has 0 saturated carbocycles. The van der Waals surface area contributed by atoms with Gasteiger partial charge in [-0.1, -0.05) is 52.4 Å². The van der Waals surface area contributed by atoms with Crippen LogP contribution in [-0.4, -0.2) is 47.8 Å². The van der Waals surface area contributed by atoms with Gasteiger partial charge < -0.3 is 0 Å². The summed E-state index contributed by atoms with van der Waals surface area (Å²) in [6.07, 6.45) is 8.49. The smallest absolute Gasteiger partial charge is 0.0654 e. The first kappa shape index (κ1) is 17.6. The molecule has 0 atom stereocenters. The molecule has 0 spiro atoms. The van der Waals surface area contributed by atoms with E-state index in [2.05, 4.69) is 13.8 Å². The van der Waals surface area contributed by atoms with Gasteiger partial charge in [0.1, 0.15) is 0 Å². The molecule has 0 aliphatic heterocycles. The molecule has 0 saturated heterocycles. The van der Waals surface area contributed by atoms with E-state index in [4.69, 9.17) is 0 Å². The monoisotopic (exact) mass is 354 g/mol. The maximum absolute atomic E-state index is 2.26. The maximum atomic E-state index is 2.26. The van der Waals surface area contributed by atoms with Crippen molar-refractivity contribution in [1.82, 2.24) is 0 Å². The van der Waals surface area contributed by atoms with Crippen molar-refractivity contribution in [3.8, 4) is 0 Å². The van der Waals surface area contributed by atoms with Crippen molar-refractivity contribution in [1.29, 1.82) is 0 Å². The molecule has 0 aromatic heterocycles. The Morgan fingerprint density at radius 1 is 0.700 bits per heavy atom. The molecular formula is C8H18Sn2+6. The maximum Gasteiger partial charge on any atom is 4.00 e. The largest absolute Gasteiger partial charge is 4.00 e. The first-order valence-electron chi connectivity index (χ1n) is 3.91. The van der Waals surface area contributed by atoms with E-state index in [1.807, 2.05) is 0 Å². The number of unbranched alkanes of at least 4 members (excludes halogenated alkanes) is 5. The van der Waals surface area contributed by atoms with Crippen LogP contribution >= 0.6 is 0 Å². The Hall–Kier alpha value is 1.60. The van der Waals surface area contributed by atoms with Gasteiger partial charge >= 0.3 is 47.8 Å². The third kappa shape index (κ3) is 16.3. The molecule has 2 radical (unpaired) electrons. The average molecular weight is 352 g/mol. The Kier molecular flexibility index (Phi) is 29.8. The van der Waals surface area contributed by atoms with E-state index in [-0.39, 0.29) is 47.8 Å². The van der Waals surface area contributed by atoms with Gasteiger partial charge in [-0.2, -0.15) is 0 Å². The Labute approximate surface area is 99.5 Å². The number of hydrogen-bond acceptors (Lipinski definition) is 0. The summed E-state index contributed by atoms with van der Waals surface area (Å²) in [6.45, 7) is 4.51. The zero-order valence-corrected chi connectivity index (χ0v) is 13.0. The van der Waals surface area contributed by atoms with Gasteiger partial charge in [-0.3, -0.25) is 0 Å². The molecule has 0 aromatic carbocycles. The van der Waals surface area contributed by atoms with Crippen LogP contribution in [0.25, 0.3) is 0 Å². The summed E-state index contributed by atoms with van der Waals surface area (Å²) in [7, 11) is 0. The quantitative estimate of drug-likeness (QED) is 0.528. The van der Waals surface area contributed by atoms with Crippen LogP contribution in [0.5, 0.6) is 0 Å². The Morgan fingerprint density at radius 3 is 1.20 bits per heavy atom. The molecule has 0 fully saturated rings. The van der Waals surface area contributed by atoms with E-state index in [1.54, 1.807) is 0 Å². The third-order valence-electron chi connectivity index (χ3n) is 1.46. The molecule has 0 aliphatic rings. The van der Waals surface area contributed by atoms with Crippen molar-refractivity contribution in [2.45, 2.75) is 52.4 Å². The fourth-order valence-electron chi connectivity index (χ4n) is 0.854. The molecule has 0 N–H and O–H groups in total. The van der Waals surface area contributed by atoms with Gasteiger partial charge in [0.05, 0.1) is 0 Å². The Bertz CT molecular complexity index is 32.2. The van der Waals surface area contributed by atoms with Gasteiger partial charge in [-0.05, 0) is 0 Å². The van der Waals surface area contributed by atoms with E-state index < -0.39 is 0 Å². The zero-order valence-electron chi connectivity index (χ0n) is 7.24. The molecular weight excluding hydrogens is 334 g/mol. The molecule has 2 heteroatoms. The van der Waals surface area contributed by atoms with Crippen molar-refractivity contribution < 1.29 is 0 Å². The standard InChI is InChI=1S/C8H18.2Sn/c1-3-5-7-8-6-4-2;;/h3-8H2,1-2H3;;/q;+2;+4. The summed E-state index contributed by atoms with van der Waals surface area (Å²) in [4.78, 5) is 0. The molecule has 0 rings (SSSR count). The summed E-state index contributed by atoms with van der Waals surface area (Å²) in [5.41, 5.74) is 0. The predicted octanol–water partition coefficient (Wildman–Crippen LogP) is 2.61. The van der Waals surface area contributed by atoms with Gasteiger partial charge in [0, 0.05) is 0 Å². The average Bonchev–Trinajstić information content (AvgIpc) is 1.81. The van der Waals surface area contributed by atoms with Crippen LogP contribution in [0.3, 0.4) is 0 Å². The molecule has 0 aliphatic carbocycles. The van der Waals surface area contributed by atoms with E-state index in [0.717, 1.165) is 0 Å². The topological polar surface area (TPSA) is 0 Å². The Morgan fingerprint density at radius 2 is 1.00 bits per heavy atom. The van der Waals surface area contributed by atoms with E-state index >= 15 is 0 Å². The van der Waals surface area contributed by atoms with Crippen LogP contribution in [0.4, 0.5) is 0 Å². The van der Waals surface area contributed by atoms with Crippen LogP contribution < -0.4 is 0 Å². The van der Waals surface area contributed by atoms with Gasteiger partial charge in [-0.15, -0.1) is 0 Å². The van der Waals surface area contributed by atoms with Crippen LogP contribution in [0.1, 0.15) is 52.4 Å². The SMILES string of the molecule is CCCCCCCC.[Sn+2].[Sn+4]. The second-order valence-electron chi connectivity index (χ2n) is 2.41. The third-order valence-corrected chi connectivity index (χ3v) is 1.46. The molecule has 0 unspecified atom stereocenters. The van der Waals surface area contributed by atoms with E-state index in [1.165, 1.54) is 38.5 Å². The van der Waals surface area contributed by atoms with Crippen molar-refractivity contribution in [2.24, 2.45) is 0 Å². The molecule has 52 valence electrons. The van der Waals surface area contributed by atoms with E-state index in [9.17, 15) is 0 Å². The van der Waals surface area contributed by atoms with Crippen LogP contribution in [0.2, 0.25) is 0 Å². The fourth-order valence-corrected chi connectivity index (χ4v) is 0.854. The minimum atomic E-state index is 0. The first-order valence-corrected chi connectivity index (χ1v) is 3.91. The van der Waals surface area contributed by atoms with Gasteiger partial charge in [-0.25, -0.2) is 0 Å². The molecule has 0 amide bonds. The summed E-state index contributed by atoms with van der Waals surface area (Å²) in [5, 5.41) is 0. The molecule has 0 bridgehead atoms. The second kappa shape index (κ2) is 16.9. The number of rotatable bonds is 5. The molecule has 0 aromatic rings. The summed E-state index contributed by atoms with van der Waals surface area (Å²) in [6, 6.07) is 0. The minimum Gasteiger partial charge on any atom is -0.0654 e. The van der Waals surface area contributed by atoms with Gasteiger partial charge in [0.2, 0.25) is 0 Å². The molecule has 10 heavy (non-hydrogen) atoms. The number of hydrogen-bond donors (Lipinski definition) is 0. The fraction of sp³-hybridized carbons (Fsp3) is 1.00. The summed E-state index contributed by atoms with van der Waals surface area (Å²) in [5.74, 6) is 0. The predicted molar refractivity (Wildman–Crippen MR) is 50.6 cm³/mol. The van der Waals surface area contributed by atoms with Crippen molar-refractivity contribution in [3.05, 3.63) is 0 Å². The first-order chi connectivity index (χ1) is 3.91. The van der Waals surface area contributed by atoms with Crippen LogP contribution in [0, 0.1) is 0 Å². The van der Waals surface area contributed by atoms with Crippen LogP contribution in [-0.2, 0) is 0 Å². The second-order valence-corrected chi connectivity index (χ2v) is 2.41.